The van der Waals surface area contributed by atoms with Gasteiger partial charge in [0.25, 0.3) is 0 Å². The molecule has 0 bridgehead atoms. The number of benzene rings is 1. The summed E-state index contributed by atoms with van der Waals surface area (Å²) in [7, 11) is 1.75. The second kappa shape index (κ2) is 11.1. The molecule has 0 spiro atoms. The molecule has 9 nitrogen and oxygen atoms in total. The van der Waals surface area contributed by atoms with Gasteiger partial charge in [-0.25, -0.2) is 9.78 Å². The van der Waals surface area contributed by atoms with Gasteiger partial charge in [-0.05, 0) is 31.2 Å². The predicted octanol–water partition coefficient (Wildman–Crippen LogP) is 2.16. The van der Waals surface area contributed by atoms with Crippen molar-refractivity contribution in [2.24, 2.45) is 5.92 Å². The SMILES string of the molecule is CCOC(=O)c1ccc(N2CC(C(=O)N(C)Cc3csc(CN4CCOCC4)n3)CC2=O)cc1. The van der Waals surface area contributed by atoms with Gasteiger partial charge in [-0.3, -0.25) is 14.5 Å². The summed E-state index contributed by atoms with van der Waals surface area (Å²) >= 11 is 1.61. The van der Waals surface area contributed by atoms with Crippen molar-refractivity contribution in [2.75, 3.05) is 51.4 Å². The Morgan fingerprint density at radius 2 is 1.97 bits per heavy atom. The molecular formula is C24H30N4O5S. The first-order chi connectivity index (χ1) is 16.4. The van der Waals surface area contributed by atoms with Gasteiger partial charge in [0.05, 0.1) is 50.1 Å². The van der Waals surface area contributed by atoms with Crippen LogP contribution in [-0.4, -0.2) is 79.1 Å². The number of thiazole rings is 1. The van der Waals surface area contributed by atoms with E-state index >= 15 is 0 Å². The first-order valence-corrected chi connectivity index (χ1v) is 12.4. The molecule has 0 N–H and O–H groups in total. The molecule has 34 heavy (non-hydrogen) atoms. The van der Waals surface area contributed by atoms with E-state index in [-0.39, 0.29) is 18.2 Å². The molecule has 1 aromatic heterocycles. The molecular weight excluding hydrogens is 456 g/mol. The third-order valence-electron chi connectivity index (χ3n) is 6.00. The van der Waals surface area contributed by atoms with Gasteiger partial charge in [-0.1, -0.05) is 0 Å². The van der Waals surface area contributed by atoms with Gasteiger partial charge < -0.3 is 19.3 Å². The second-order valence-corrected chi connectivity index (χ2v) is 9.43. The highest BCUT2D eigenvalue weighted by molar-refractivity contribution is 7.09. The fraction of sp³-hybridized carbons (Fsp3) is 0.500. The maximum absolute atomic E-state index is 13.1. The van der Waals surface area contributed by atoms with E-state index in [0.29, 0.717) is 30.9 Å². The van der Waals surface area contributed by atoms with E-state index in [9.17, 15) is 14.4 Å². The second-order valence-electron chi connectivity index (χ2n) is 8.49. The van der Waals surface area contributed by atoms with Gasteiger partial charge in [-0.2, -0.15) is 0 Å². The molecule has 1 unspecified atom stereocenters. The Hall–Kier alpha value is -2.82. The van der Waals surface area contributed by atoms with E-state index in [0.717, 1.165) is 43.5 Å². The van der Waals surface area contributed by atoms with Crippen molar-refractivity contribution in [3.05, 3.63) is 45.9 Å². The van der Waals surface area contributed by atoms with Crippen LogP contribution in [0.25, 0.3) is 0 Å². The standard InChI is InChI=1S/C24H30N4O5S/c1-3-33-24(31)17-4-6-20(7-5-17)28-13-18(12-22(28)29)23(30)26(2)14-19-16-34-21(25-19)15-27-8-10-32-11-9-27/h4-7,16,18H,3,8-15H2,1-2H3. The fourth-order valence-corrected chi connectivity index (χ4v) is 5.02. The summed E-state index contributed by atoms with van der Waals surface area (Å²) in [5.74, 6) is -0.973. The predicted molar refractivity (Wildman–Crippen MR) is 128 cm³/mol. The number of rotatable bonds is 8. The lowest BCUT2D eigenvalue weighted by Gasteiger charge is -2.25. The van der Waals surface area contributed by atoms with Crippen molar-refractivity contribution in [1.82, 2.24) is 14.8 Å². The number of hydrogen-bond donors (Lipinski definition) is 0. The highest BCUT2D eigenvalue weighted by Crippen LogP contribution is 2.27. The zero-order valence-corrected chi connectivity index (χ0v) is 20.4. The number of carbonyl (C=O) groups is 3. The van der Waals surface area contributed by atoms with Crippen molar-refractivity contribution in [2.45, 2.75) is 26.4 Å². The summed E-state index contributed by atoms with van der Waals surface area (Å²) in [4.78, 5) is 47.8. The fourth-order valence-electron chi connectivity index (χ4n) is 4.19. The van der Waals surface area contributed by atoms with Crippen LogP contribution in [0.1, 0.15) is 34.4 Å². The third-order valence-corrected chi connectivity index (χ3v) is 6.88. The van der Waals surface area contributed by atoms with E-state index in [2.05, 4.69) is 4.90 Å². The van der Waals surface area contributed by atoms with Gasteiger partial charge in [0.1, 0.15) is 5.01 Å². The maximum Gasteiger partial charge on any atom is 0.338 e. The zero-order valence-electron chi connectivity index (χ0n) is 19.6. The highest BCUT2D eigenvalue weighted by atomic mass is 32.1. The number of amides is 2. The van der Waals surface area contributed by atoms with Crippen LogP contribution in [0.4, 0.5) is 5.69 Å². The Kier molecular flexibility index (Phi) is 7.91. The smallest absolute Gasteiger partial charge is 0.338 e. The number of carbonyl (C=O) groups excluding carboxylic acids is 3. The Balaban J connectivity index is 1.32. The van der Waals surface area contributed by atoms with Crippen molar-refractivity contribution in [1.29, 1.82) is 0 Å². The minimum absolute atomic E-state index is 0.0678. The van der Waals surface area contributed by atoms with E-state index < -0.39 is 11.9 Å². The number of ether oxygens (including phenoxy) is 2. The maximum atomic E-state index is 13.1. The van der Waals surface area contributed by atoms with Gasteiger partial charge in [0.2, 0.25) is 11.8 Å². The van der Waals surface area contributed by atoms with Crippen molar-refractivity contribution in [3.8, 4) is 0 Å². The largest absolute Gasteiger partial charge is 0.462 e. The molecule has 2 saturated heterocycles. The molecule has 3 heterocycles. The number of hydrogen-bond acceptors (Lipinski definition) is 8. The van der Waals surface area contributed by atoms with Crippen LogP contribution in [0.2, 0.25) is 0 Å². The topological polar surface area (TPSA) is 92.3 Å². The molecule has 2 aromatic rings. The Morgan fingerprint density at radius 3 is 2.68 bits per heavy atom. The van der Waals surface area contributed by atoms with Gasteiger partial charge in [0, 0.05) is 44.2 Å². The van der Waals surface area contributed by atoms with E-state index in [4.69, 9.17) is 14.5 Å². The lowest BCUT2D eigenvalue weighted by molar-refractivity contribution is -0.135. The molecule has 0 aliphatic carbocycles. The highest BCUT2D eigenvalue weighted by Gasteiger charge is 2.36. The lowest BCUT2D eigenvalue weighted by Crippen LogP contribution is -2.35. The average Bonchev–Trinajstić information content (AvgIpc) is 3.45. The minimum atomic E-state index is -0.409. The average molecular weight is 487 g/mol. The molecule has 0 radical (unpaired) electrons. The van der Waals surface area contributed by atoms with Crippen LogP contribution >= 0.6 is 11.3 Å². The number of aromatic nitrogens is 1. The van der Waals surface area contributed by atoms with E-state index in [1.165, 1.54) is 0 Å². The van der Waals surface area contributed by atoms with E-state index in [1.807, 2.05) is 5.38 Å². The lowest BCUT2D eigenvalue weighted by atomic mass is 10.1. The summed E-state index contributed by atoms with van der Waals surface area (Å²) in [6.45, 7) is 6.91. The first-order valence-electron chi connectivity index (χ1n) is 11.5. The van der Waals surface area contributed by atoms with Crippen molar-refractivity contribution < 1.29 is 23.9 Å². The monoisotopic (exact) mass is 486 g/mol. The van der Waals surface area contributed by atoms with Crippen LogP contribution in [0.15, 0.2) is 29.6 Å². The molecule has 1 aromatic carbocycles. The zero-order chi connectivity index (χ0) is 24.1. The van der Waals surface area contributed by atoms with E-state index in [1.54, 1.807) is 59.4 Å². The Bertz CT molecular complexity index is 1020. The molecule has 10 heteroatoms. The Morgan fingerprint density at radius 1 is 1.24 bits per heavy atom. The number of nitrogens with zero attached hydrogens (tertiary/aromatic N) is 4. The summed E-state index contributed by atoms with van der Waals surface area (Å²) in [6.07, 6.45) is 0.169. The molecule has 0 saturated carbocycles. The number of esters is 1. The molecule has 2 aliphatic rings. The minimum Gasteiger partial charge on any atom is -0.462 e. The number of anilines is 1. The molecule has 2 fully saturated rings. The van der Waals surface area contributed by atoms with Crippen LogP contribution in [0.3, 0.4) is 0 Å². The molecule has 2 amide bonds. The number of morpholine rings is 1. The van der Waals surface area contributed by atoms with Crippen LogP contribution in [-0.2, 0) is 32.2 Å². The normalized spacial score (nSPS) is 18.8. The van der Waals surface area contributed by atoms with Crippen LogP contribution < -0.4 is 4.90 Å². The van der Waals surface area contributed by atoms with Crippen LogP contribution in [0, 0.1) is 5.92 Å². The van der Waals surface area contributed by atoms with Gasteiger partial charge >= 0.3 is 5.97 Å². The first kappa shape index (κ1) is 24.3. The molecule has 4 rings (SSSR count). The van der Waals surface area contributed by atoms with Gasteiger partial charge in [-0.15, -0.1) is 11.3 Å². The molecule has 2 aliphatic heterocycles. The van der Waals surface area contributed by atoms with Crippen molar-refractivity contribution >= 4 is 34.8 Å². The van der Waals surface area contributed by atoms with Crippen molar-refractivity contribution in [3.63, 3.8) is 0 Å². The quantitative estimate of drug-likeness (QED) is 0.528. The van der Waals surface area contributed by atoms with Crippen LogP contribution in [0.5, 0.6) is 0 Å². The summed E-state index contributed by atoms with van der Waals surface area (Å²) < 4.78 is 10.4. The molecule has 182 valence electrons. The summed E-state index contributed by atoms with van der Waals surface area (Å²) in [5, 5.41) is 3.03. The van der Waals surface area contributed by atoms with Gasteiger partial charge in [0.15, 0.2) is 0 Å². The summed E-state index contributed by atoms with van der Waals surface area (Å²) in [5.41, 5.74) is 1.96. The third kappa shape index (κ3) is 5.81. The molecule has 1 atom stereocenters. The summed E-state index contributed by atoms with van der Waals surface area (Å²) in [6, 6.07) is 6.70. The Labute approximate surface area is 203 Å².